The Morgan fingerprint density at radius 1 is 1.26 bits per heavy atom. The van der Waals surface area contributed by atoms with E-state index in [9.17, 15) is 9.18 Å². The molecule has 0 aliphatic rings. The molecule has 1 aromatic carbocycles. The van der Waals surface area contributed by atoms with E-state index < -0.39 is 0 Å². The Balaban J connectivity index is 1.60. The van der Waals surface area contributed by atoms with Gasteiger partial charge in [0.25, 0.3) is 5.91 Å². The second-order valence-corrected chi connectivity index (χ2v) is 5.88. The van der Waals surface area contributed by atoms with Crippen LogP contribution in [-0.4, -0.2) is 34.4 Å². The van der Waals surface area contributed by atoms with Crippen LogP contribution in [0.15, 0.2) is 42.0 Å². The first-order chi connectivity index (χ1) is 11.1. The molecular weight excluding hydrogens is 317 g/mol. The molecule has 0 radical (unpaired) electrons. The predicted octanol–water partition coefficient (Wildman–Crippen LogP) is 2.87. The molecule has 2 aromatic heterocycles. The third-order valence-corrected chi connectivity index (χ3v) is 4.14. The molecule has 0 spiro atoms. The highest BCUT2D eigenvalue weighted by Gasteiger charge is 2.12. The Labute approximate surface area is 136 Å². The zero-order chi connectivity index (χ0) is 16.2. The molecule has 118 valence electrons. The average Bonchev–Trinajstić information content (AvgIpc) is 3.03. The van der Waals surface area contributed by atoms with Crippen LogP contribution in [-0.2, 0) is 11.3 Å². The van der Waals surface area contributed by atoms with E-state index in [2.05, 4.69) is 9.97 Å². The van der Waals surface area contributed by atoms with E-state index in [0.29, 0.717) is 12.4 Å². The molecule has 3 rings (SSSR count). The van der Waals surface area contributed by atoms with E-state index in [4.69, 9.17) is 4.74 Å². The molecule has 0 bridgehead atoms. The van der Waals surface area contributed by atoms with Crippen molar-refractivity contribution in [3.05, 3.63) is 53.4 Å². The van der Waals surface area contributed by atoms with E-state index in [0.717, 1.165) is 15.8 Å². The molecule has 0 aliphatic heterocycles. The van der Waals surface area contributed by atoms with Gasteiger partial charge in [0.2, 0.25) is 5.88 Å². The number of nitrogens with zero attached hydrogens (tertiary/aromatic N) is 3. The number of thiophene rings is 1. The van der Waals surface area contributed by atoms with Crippen LogP contribution in [0, 0.1) is 5.82 Å². The van der Waals surface area contributed by atoms with Gasteiger partial charge in [0, 0.05) is 13.6 Å². The second-order valence-electron chi connectivity index (χ2n) is 4.98. The van der Waals surface area contributed by atoms with E-state index in [1.165, 1.54) is 34.7 Å². The van der Waals surface area contributed by atoms with Crippen molar-refractivity contribution in [3.63, 3.8) is 0 Å². The fourth-order valence-corrected chi connectivity index (χ4v) is 2.80. The number of amides is 1. The minimum Gasteiger partial charge on any atom is -0.467 e. The lowest BCUT2D eigenvalue weighted by atomic mass is 10.2. The third kappa shape index (κ3) is 3.62. The lowest BCUT2D eigenvalue weighted by Crippen LogP contribution is -2.31. The van der Waals surface area contributed by atoms with Gasteiger partial charge in [0.15, 0.2) is 6.61 Å². The van der Waals surface area contributed by atoms with Gasteiger partial charge in [-0.15, -0.1) is 11.3 Å². The third-order valence-electron chi connectivity index (χ3n) is 3.32. The summed E-state index contributed by atoms with van der Waals surface area (Å²) >= 11 is 1.49. The molecule has 0 saturated heterocycles. The van der Waals surface area contributed by atoms with Crippen LogP contribution in [0.2, 0.25) is 0 Å². The van der Waals surface area contributed by atoms with Gasteiger partial charge in [0.05, 0.1) is 5.39 Å². The quantitative estimate of drug-likeness (QED) is 0.721. The van der Waals surface area contributed by atoms with Crippen LogP contribution in [0.4, 0.5) is 4.39 Å². The first kappa shape index (κ1) is 15.4. The number of rotatable bonds is 5. The largest absolute Gasteiger partial charge is 0.467 e. The lowest BCUT2D eigenvalue weighted by molar-refractivity contribution is -0.132. The molecule has 0 saturated carbocycles. The van der Waals surface area contributed by atoms with Crippen LogP contribution in [0.25, 0.3) is 10.2 Å². The number of halogens is 1. The molecule has 3 aromatic rings. The van der Waals surface area contributed by atoms with Crippen molar-refractivity contribution in [1.82, 2.24) is 14.9 Å². The zero-order valence-corrected chi connectivity index (χ0v) is 13.2. The normalized spacial score (nSPS) is 10.7. The maximum Gasteiger partial charge on any atom is 0.260 e. The number of carbonyl (C=O) groups excluding carboxylic acids is 1. The fraction of sp³-hybridized carbons (Fsp3) is 0.188. The van der Waals surface area contributed by atoms with Gasteiger partial charge in [-0.1, -0.05) is 12.1 Å². The maximum absolute atomic E-state index is 12.9. The van der Waals surface area contributed by atoms with E-state index in [1.807, 2.05) is 11.4 Å². The smallest absolute Gasteiger partial charge is 0.260 e. The van der Waals surface area contributed by atoms with E-state index >= 15 is 0 Å². The molecule has 0 fully saturated rings. The lowest BCUT2D eigenvalue weighted by Gasteiger charge is -2.17. The maximum atomic E-state index is 12.9. The van der Waals surface area contributed by atoms with Crippen molar-refractivity contribution in [2.75, 3.05) is 13.7 Å². The molecule has 0 atom stereocenters. The van der Waals surface area contributed by atoms with E-state index in [1.54, 1.807) is 19.2 Å². The SMILES string of the molecule is CN(Cc1ccc(F)cc1)C(=O)COc1ncnc2sccc12. The summed E-state index contributed by atoms with van der Waals surface area (Å²) in [6.45, 7) is 0.278. The number of ether oxygens (including phenoxy) is 1. The van der Waals surface area contributed by atoms with Gasteiger partial charge in [-0.2, -0.15) is 0 Å². The minimum absolute atomic E-state index is 0.111. The van der Waals surface area contributed by atoms with Crippen LogP contribution >= 0.6 is 11.3 Å². The van der Waals surface area contributed by atoms with Crippen molar-refractivity contribution >= 4 is 27.5 Å². The highest BCUT2D eigenvalue weighted by Crippen LogP contribution is 2.25. The Morgan fingerprint density at radius 3 is 2.83 bits per heavy atom. The van der Waals surface area contributed by atoms with Crippen LogP contribution in [0.5, 0.6) is 5.88 Å². The number of likely N-dealkylation sites (N-methyl/N-ethyl adjacent to an activating group) is 1. The molecular formula is C16H14FN3O2S. The Morgan fingerprint density at radius 2 is 2.04 bits per heavy atom. The molecule has 0 N–H and O–H groups in total. The van der Waals surface area contributed by atoms with Crippen molar-refractivity contribution in [2.45, 2.75) is 6.54 Å². The molecule has 2 heterocycles. The molecule has 1 amide bonds. The standard InChI is InChI=1S/C16H14FN3O2S/c1-20(8-11-2-4-12(17)5-3-11)14(21)9-22-15-13-6-7-23-16(13)19-10-18-15/h2-7,10H,8-9H2,1H3. The first-order valence-electron chi connectivity index (χ1n) is 6.93. The topological polar surface area (TPSA) is 55.3 Å². The average molecular weight is 331 g/mol. The Hall–Kier alpha value is -2.54. The van der Waals surface area contributed by atoms with Gasteiger partial charge in [-0.3, -0.25) is 4.79 Å². The van der Waals surface area contributed by atoms with Crippen molar-refractivity contribution < 1.29 is 13.9 Å². The highest BCUT2D eigenvalue weighted by atomic mass is 32.1. The number of hydrogen-bond acceptors (Lipinski definition) is 5. The number of benzene rings is 1. The van der Waals surface area contributed by atoms with Gasteiger partial charge in [0.1, 0.15) is 17.0 Å². The summed E-state index contributed by atoms with van der Waals surface area (Å²) < 4.78 is 18.4. The van der Waals surface area contributed by atoms with Gasteiger partial charge >= 0.3 is 0 Å². The Bertz CT molecular complexity index is 820. The number of carbonyl (C=O) groups is 1. The number of fused-ring (bicyclic) bond motifs is 1. The van der Waals surface area contributed by atoms with Gasteiger partial charge < -0.3 is 9.64 Å². The molecule has 7 heteroatoms. The number of hydrogen-bond donors (Lipinski definition) is 0. The zero-order valence-electron chi connectivity index (χ0n) is 12.4. The summed E-state index contributed by atoms with van der Waals surface area (Å²) in [5.41, 5.74) is 0.851. The monoisotopic (exact) mass is 331 g/mol. The molecule has 0 unspecified atom stereocenters. The highest BCUT2D eigenvalue weighted by molar-refractivity contribution is 7.16. The van der Waals surface area contributed by atoms with Gasteiger partial charge in [-0.05, 0) is 29.1 Å². The minimum atomic E-state index is -0.297. The van der Waals surface area contributed by atoms with Crippen LogP contribution in [0.3, 0.4) is 0 Å². The van der Waals surface area contributed by atoms with Crippen molar-refractivity contribution in [1.29, 1.82) is 0 Å². The van der Waals surface area contributed by atoms with Crippen LogP contribution in [0.1, 0.15) is 5.56 Å². The van der Waals surface area contributed by atoms with Gasteiger partial charge in [-0.25, -0.2) is 14.4 Å². The first-order valence-corrected chi connectivity index (χ1v) is 7.81. The van der Waals surface area contributed by atoms with Crippen LogP contribution < -0.4 is 4.74 Å². The van der Waals surface area contributed by atoms with Crippen molar-refractivity contribution in [3.8, 4) is 5.88 Å². The Kier molecular flexibility index (Phi) is 4.47. The fourth-order valence-electron chi connectivity index (χ4n) is 2.07. The summed E-state index contributed by atoms with van der Waals surface area (Å²) in [7, 11) is 1.68. The molecule has 5 nitrogen and oxygen atoms in total. The van der Waals surface area contributed by atoms with E-state index in [-0.39, 0.29) is 18.3 Å². The molecule has 23 heavy (non-hydrogen) atoms. The molecule has 0 aliphatic carbocycles. The van der Waals surface area contributed by atoms with Crippen molar-refractivity contribution in [2.24, 2.45) is 0 Å². The summed E-state index contributed by atoms with van der Waals surface area (Å²) in [4.78, 5) is 22.7. The predicted molar refractivity (Wildman–Crippen MR) is 85.8 cm³/mol. The second kappa shape index (κ2) is 6.70. The summed E-state index contributed by atoms with van der Waals surface area (Å²) in [6, 6.07) is 7.91. The number of aromatic nitrogens is 2. The summed E-state index contributed by atoms with van der Waals surface area (Å²) in [5.74, 6) is -0.0781. The summed E-state index contributed by atoms with van der Waals surface area (Å²) in [5, 5.41) is 2.70. The summed E-state index contributed by atoms with van der Waals surface area (Å²) in [6.07, 6.45) is 1.42.